The van der Waals surface area contributed by atoms with Gasteiger partial charge in [-0.2, -0.15) is 0 Å². The van der Waals surface area contributed by atoms with E-state index in [1.165, 1.54) is 0 Å². The molecule has 5 heteroatoms. The lowest BCUT2D eigenvalue weighted by atomic mass is 10.0. The third-order valence-electron chi connectivity index (χ3n) is 4.54. The van der Waals surface area contributed by atoms with Crippen LogP contribution in [0.1, 0.15) is 37.3 Å². The lowest BCUT2D eigenvalue weighted by molar-refractivity contribution is -0.141. The van der Waals surface area contributed by atoms with E-state index in [1.54, 1.807) is 14.2 Å². The maximum absolute atomic E-state index is 12.7. The standard InChI is InChI=1S/C17H23NO4/c1-20-12-7-8-15(21-2)13(11-12)14-5-3-9-18(14)17(19)16-6-4-10-22-16/h7-8,11,14,16H,3-6,9-10H2,1-2H3/t14-,16-/m1/s1. The lowest BCUT2D eigenvalue weighted by Crippen LogP contribution is -2.38. The molecule has 5 nitrogen and oxygen atoms in total. The van der Waals surface area contributed by atoms with E-state index in [1.807, 2.05) is 23.1 Å². The van der Waals surface area contributed by atoms with Crippen LogP contribution in [0.25, 0.3) is 0 Å². The molecule has 2 fully saturated rings. The van der Waals surface area contributed by atoms with Gasteiger partial charge >= 0.3 is 0 Å². The molecule has 120 valence electrons. The number of likely N-dealkylation sites (tertiary alicyclic amines) is 1. The molecule has 0 radical (unpaired) electrons. The molecule has 2 saturated heterocycles. The molecule has 2 heterocycles. The number of amides is 1. The van der Waals surface area contributed by atoms with E-state index in [2.05, 4.69) is 0 Å². The summed E-state index contributed by atoms with van der Waals surface area (Å²) in [6, 6.07) is 5.80. The van der Waals surface area contributed by atoms with Gasteiger partial charge in [-0.3, -0.25) is 4.79 Å². The molecule has 0 aliphatic carbocycles. The predicted molar refractivity (Wildman–Crippen MR) is 82.2 cm³/mol. The molecule has 2 aliphatic rings. The van der Waals surface area contributed by atoms with Crippen LogP contribution in [0.2, 0.25) is 0 Å². The second-order valence-corrected chi connectivity index (χ2v) is 5.80. The van der Waals surface area contributed by atoms with Gasteiger partial charge in [0.05, 0.1) is 20.3 Å². The number of carbonyl (C=O) groups is 1. The molecule has 0 N–H and O–H groups in total. The van der Waals surface area contributed by atoms with E-state index >= 15 is 0 Å². The summed E-state index contributed by atoms with van der Waals surface area (Å²) in [4.78, 5) is 14.7. The fourth-order valence-corrected chi connectivity index (χ4v) is 3.41. The molecule has 2 aliphatic heterocycles. The average molecular weight is 305 g/mol. The quantitative estimate of drug-likeness (QED) is 0.858. The van der Waals surface area contributed by atoms with Crippen molar-refractivity contribution in [3.63, 3.8) is 0 Å². The van der Waals surface area contributed by atoms with Crippen LogP contribution >= 0.6 is 0 Å². The Hall–Kier alpha value is -1.75. The number of hydrogen-bond donors (Lipinski definition) is 0. The van der Waals surface area contributed by atoms with E-state index in [4.69, 9.17) is 14.2 Å². The van der Waals surface area contributed by atoms with Crippen LogP contribution in [0.15, 0.2) is 18.2 Å². The van der Waals surface area contributed by atoms with Gasteiger partial charge in [0.15, 0.2) is 0 Å². The second-order valence-electron chi connectivity index (χ2n) is 5.80. The van der Waals surface area contributed by atoms with Crippen molar-refractivity contribution in [3.8, 4) is 11.5 Å². The molecule has 2 atom stereocenters. The summed E-state index contributed by atoms with van der Waals surface area (Å²) in [5.74, 6) is 1.70. The molecule has 1 aromatic rings. The van der Waals surface area contributed by atoms with Gasteiger partial charge in [-0.05, 0) is 43.9 Å². The highest BCUT2D eigenvalue weighted by Gasteiger charge is 2.37. The summed E-state index contributed by atoms with van der Waals surface area (Å²) in [6.07, 6.45) is 3.48. The molecule has 22 heavy (non-hydrogen) atoms. The topological polar surface area (TPSA) is 48.0 Å². The third-order valence-corrected chi connectivity index (χ3v) is 4.54. The van der Waals surface area contributed by atoms with Crippen LogP contribution < -0.4 is 9.47 Å². The Morgan fingerprint density at radius 1 is 1.23 bits per heavy atom. The van der Waals surface area contributed by atoms with Crippen molar-refractivity contribution in [2.45, 2.75) is 37.8 Å². The minimum Gasteiger partial charge on any atom is -0.497 e. The Morgan fingerprint density at radius 2 is 2.09 bits per heavy atom. The first-order chi connectivity index (χ1) is 10.7. The number of nitrogens with zero attached hydrogens (tertiary/aromatic N) is 1. The Kier molecular flexibility index (Phi) is 4.52. The monoisotopic (exact) mass is 305 g/mol. The van der Waals surface area contributed by atoms with Gasteiger partial charge in [0.2, 0.25) is 0 Å². The first-order valence-corrected chi connectivity index (χ1v) is 7.88. The van der Waals surface area contributed by atoms with E-state index in [9.17, 15) is 4.79 Å². The molecule has 1 amide bonds. The second kappa shape index (κ2) is 6.57. The van der Waals surface area contributed by atoms with Crippen LogP contribution in [0, 0.1) is 0 Å². The van der Waals surface area contributed by atoms with Crippen molar-refractivity contribution in [2.24, 2.45) is 0 Å². The van der Waals surface area contributed by atoms with Crippen LogP contribution in [0.5, 0.6) is 11.5 Å². The zero-order valence-electron chi connectivity index (χ0n) is 13.2. The minimum atomic E-state index is -0.266. The minimum absolute atomic E-state index is 0.0433. The van der Waals surface area contributed by atoms with Crippen molar-refractivity contribution >= 4 is 5.91 Å². The summed E-state index contributed by atoms with van der Waals surface area (Å²) in [5, 5.41) is 0. The Balaban J connectivity index is 1.87. The SMILES string of the molecule is COc1ccc(OC)c([C@H]2CCCN2C(=O)[C@H]2CCCO2)c1. The Labute approximate surface area is 131 Å². The van der Waals surface area contributed by atoms with E-state index in [-0.39, 0.29) is 18.1 Å². The fraction of sp³-hybridized carbons (Fsp3) is 0.588. The zero-order valence-corrected chi connectivity index (χ0v) is 13.2. The van der Waals surface area contributed by atoms with Gasteiger partial charge in [-0.25, -0.2) is 0 Å². The number of benzene rings is 1. The number of ether oxygens (including phenoxy) is 3. The van der Waals surface area contributed by atoms with E-state index < -0.39 is 0 Å². The average Bonchev–Trinajstić information content (AvgIpc) is 3.24. The van der Waals surface area contributed by atoms with Gasteiger partial charge in [0.1, 0.15) is 17.6 Å². The van der Waals surface area contributed by atoms with Gasteiger partial charge in [-0.1, -0.05) is 0 Å². The highest BCUT2D eigenvalue weighted by atomic mass is 16.5. The normalized spacial score (nSPS) is 24.5. The molecule has 0 unspecified atom stereocenters. The highest BCUT2D eigenvalue weighted by molar-refractivity contribution is 5.82. The number of methoxy groups -OCH3 is 2. The number of hydrogen-bond acceptors (Lipinski definition) is 4. The molecular formula is C17H23NO4. The molecule has 0 aromatic heterocycles. The third kappa shape index (κ3) is 2.77. The summed E-state index contributed by atoms with van der Waals surface area (Å²) in [6.45, 7) is 1.47. The van der Waals surface area contributed by atoms with Crippen LogP contribution in [-0.4, -0.2) is 44.3 Å². The van der Waals surface area contributed by atoms with Crippen molar-refractivity contribution in [1.82, 2.24) is 4.90 Å². The Morgan fingerprint density at radius 3 is 2.77 bits per heavy atom. The fourth-order valence-electron chi connectivity index (χ4n) is 3.41. The van der Waals surface area contributed by atoms with E-state index in [0.717, 1.165) is 49.3 Å². The number of rotatable bonds is 4. The smallest absolute Gasteiger partial charge is 0.252 e. The van der Waals surface area contributed by atoms with E-state index in [0.29, 0.717) is 6.61 Å². The largest absolute Gasteiger partial charge is 0.497 e. The van der Waals surface area contributed by atoms with Crippen molar-refractivity contribution in [3.05, 3.63) is 23.8 Å². The maximum atomic E-state index is 12.7. The van der Waals surface area contributed by atoms with Crippen molar-refractivity contribution in [2.75, 3.05) is 27.4 Å². The van der Waals surface area contributed by atoms with Gasteiger partial charge in [0.25, 0.3) is 5.91 Å². The first-order valence-electron chi connectivity index (χ1n) is 7.88. The van der Waals surface area contributed by atoms with Crippen molar-refractivity contribution < 1.29 is 19.0 Å². The summed E-state index contributed by atoms with van der Waals surface area (Å²) in [7, 11) is 3.31. The first kappa shape index (κ1) is 15.2. The van der Waals surface area contributed by atoms with Gasteiger partial charge in [0, 0.05) is 18.7 Å². The molecule has 1 aromatic carbocycles. The lowest BCUT2D eigenvalue weighted by Gasteiger charge is -2.28. The van der Waals surface area contributed by atoms with Gasteiger partial charge in [-0.15, -0.1) is 0 Å². The highest BCUT2D eigenvalue weighted by Crippen LogP contribution is 2.39. The van der Waals surface area contributed by atoms with Crippen LogP contribution in [0.4, 0.5) is 0 Å². The van der Waals surface area contributed by atoms with Crippen LogP contribution in [0.3, 0.4) is 0 Å². The predicted octanol–water partition coefficient (Wildman–Crippen LogP) is 2.55. The van der Waals surface area contributed by atoms with Crippen LogP contribution in [-0.2, 0) is 9.53 Å². The Bertz CT molecular complexity index is 539. The molecule has 0 saturated carbocycles. The summed E-state index contributed by atoms with van der Waals surface area (Å²) < 4.78 is 16.4. The molecule has 3 rings (SSSR count). The molecular weight excluding hydrogens is 282 g/mol. The zero-order chi connectivity index (χ0) is 15.5. The van der Waals surface area contributed by atoms with Crippen molar-refractivity contribution in [1.29, 1.82) is 0 Å². The van der Waals surface area contributed by atoms with Gasteiger partial charge < -0.3 is 19.1 Å². The number of carbonyl (C=O) groups excluding carboxylic acids is 1. The summed E-state index contributed by atoms with van der Waals surface area (Å²) >= 11 is 0. The molecule has 0 bridgehead atoms. The molecule has 0 spiro atoms. The maximum Gasteiger partial charge on any atom is 0.252 e. The summed E-state index contributed by atoms with van der Waals surface area (Å²) in [5.41, 5.74) is 1.02.